The first-order valence-corrected chi connectivity index (χ1v) is 4.51. The van der Waals surface area contributed by atoms with E-state index < -0.39 is 11.8 Å². The van der Waals surface area contributed by atoms with Gasteiger partial charge in [-0.05, 0) is 13.8 Å². The average molecular weight is 211 g/mol. The van der Waals surface area contributed by atoms with Crippen molar-refractivity contribution in [1.82, 2.24) is 20.1 Å². The highest BCUT2D eigenvalue weighted by Crippen LogP contribution is 1.98. The average Bonchev–Trinajstić information content (AvgIpc) is 2.60. The summed E-state index contributed by atoms with van der Waals surface area (Å²) in [6.45, 7) is 3.70. The summed E-state index contributed by atoms with van der Waals surface area (Å²) in [5, 5.41) is 6.27. The monoisotopic (exact) mass is 211 g/mol. The van der Waals surface area contributed by atoms with Crippen LogP contribution in [0.1, 0.15) is 23.4 Å². The van der Waals surface area contributed by atoms with Crippen molar-refractivity contribution in [3.05, 3.63) is 11.6 Å². The molecular formula is C8H13N5O2. The molecule has 0 spiro atoms. The number of nitrogens with zero attached hydrogens (tertiary/aromatic N) is 3. The van der Waals surface area contributed by atoms with Crippen LogP contribution in [0.2, 0.25) is 0 Å². The SMILES string of the molecule is CCN(CC(N)=O)C(=O)c1n[nH]c(C)n1. The van der Waals surface area contributed by atoms with E-state index in [4.69, 9.17) is 5.73 Å². The number of amides is 2. The van der Waals surface area contributed by atoms with E-state index in [0.29, 0.717) is 12.4 Å². The van der Waals surface area contributed by atoms with Crippen LogP contribution < -0.4 is 5.73 Å². The number of likely N-dealkylation sites (N-methyl/N-ethyl adjacent to an activating group) is 1. The van der Waals surface area contributed by atoms with Gasteiger partial charge in [-0.1, -0.05) is 0 Å². The zero-order chi connectivity index (χ0) is 11.4. The summed E-state index contributed by atoms with van der Waals surface area (Å²) < 4.78 is 0. The van der Waals surface area contributed by atoms with Crippen LogP contribution in [-0.4, -0.2) is 45.0 Å². The van der Waals surface area contributed by atoms with Crippen LogP contribution >= 0.6 is 0 Å². The van der Waals surface area contributed by atoms with Gasteiger partial charge in [0, 0.05) is 6.54 Å². The van der Waals surface area contributed by atoms with Crippen molar-refractivity contribution >= 4 is 11.8 Å². The Hall–Kier alpha value is -1.92. The molecule has 1 heterocycles. The molecule has 0 aliphatic rings. The molecular weight excluding hydrogens is 198 g/mol. The van der Waals surface area contributed by atoms with Gasteiger partial charge in [-0.3, -0.25) is 14.7 Å². The van der Waals surface area contributed by atoms with Gasteiger partial charge >= 0.3 is 0 Å². The Morgan fingerprint density at radius 1 is 1.53 bits per heavy atom. The molecule has 0 atom stereocenters. The van der Waals surface area contributed by atoms with Crippen molar-refractivity contribution in [3.63, 3.8) is 0 Å². The Balaban J connectivity index is 2.77. The fourth-order valence-corrected chi connectivity index (χ4v) is 1.10. The van der Waals surface area contributed by atoms with Crippen molar-refractivity contribution < 1.29 is 9.59 Å². The summed E-state index contributed by atoms with van der Waals surface area (Å²) >= 11 is 0. The largest absolute Gasteiger partial charge is 0.368 e. The third kappa shape index (κ3) is 2.76. The molecule has 15 heavy (non-hydrogen) atoms. The fourth-order valence-electron chi connectivity index (χ4n) is 1.10. The highest BCUT2D eigenvalue weighted by molar-refractivity contribution is 5.93. The Labute approximate surface area is 86.7 Å². The first-order chi connectivity index (χ1) is 7.04. The number of carbonyl (C=O) groups is 2. The Bertz CT molecular complexity index is 373. The lowest BCUT2D eigenvalue weighted by molar-refractivity contribution is -0.118. The maximum atomic E-state index is 11.7. The normalized spacial score (nSPS) is 10.0. The molecule has 0 unspecified atom stereocenters. The lowest BCUT2D eigenvalue weighted by atomic mass is 10.4. The van der Waals surface area contributed by atoms with Gasteiger partial charge in [0.05, 0.1) is 6.54 Å². The molecule has 0 radical (unpaired) electrons. The standard InChI is InChI=1S/C8H13N5O2/c1-3-13(4-6(9)14)8(15)7-10-5(2)11-12-7/h3-4H2,1-2H3,(H2,9,14)(H,10,11,12). The Morgan fingerprint density at radius 2 is 2.20 bits per heavy atom. The maximum absolute atomic E-state index is 11.7. The summed E-state index contributed by atoms with van der Waals surface area (Å²) in [7, 11) is 0. The number of rotatable bonds is 4. The molecule has 0 saturated carbocycles. The zero-order valence-corrected chi connectivity index (χ0v) is 8.65. The molecule has 0 bridgehead atoms. The number of primary amides is 1. The van der Waals surface area contributed by atoms with E-state index in [2.05, 4.69) is 15.2 Å². The van der Waals surface area contributed by atoms with Gasteiger partial charge in [-0.2, -0.15) is 0 Å². The van der Waals surface area contributed by atoms with Crippen LogP contribution in [0.5, 0.6) is 0 Å². The molecule has 1 rings (SSSR count). The van der Waals surface area contributed by atoms with Gasteiger partial charge < -0.3 is 10.6 Å². The number of hydrogen-bond acceptors (Lipinski definition) is 4. The lowest BCUT2D eigenvalue weighted by Crippen LogP contribution is -2.38. The van der Waals surface area contributed by atoms with Gasteiger partial charge in [-0.25, -0.2) is 4.98 Å². The fraction of sp³-hybridized carbons (Fsp3) is 0.500. The molecule has 3 N–H and O–H groups in total. The number of aromatic amines is 1. The molecule has 0 aliphatic carbocycles. The molecule has 2 amide bonds. The summed E-state index contributed by atoms with van der Waals surface area (Å²) in [6.07, 6.45) is 0. The van der Waals surface area contributed by atoms with E-state index in [1.54, 1.807) is 13.8 Å². The lowest BCUT2D eigenvalue weighted by Gasteiger charge is -2.16. The van der Waals surface area contributed by atoms with Gasteiger partial charge in [0.1, 0.15) is 5.82 Å². The number of nitrogens with one attached hydrogen (secondary N) is 1. The van der Waals surface area contributed by atoms with Crippen LogP contribution in [0.3, 0.4) is 0 Å². The smallest absolute Gasteiger partial charge is 0.293 e. The molecule has 7 nitrogen and oxygen atoms in total. The second-order valence-electron chi connectivity index (χ2n) is 3.03. The number of carbonyl (C=O) groups excluding carboxylic acids is 2. The molecule has 7 heteroatoms. The first-order valence-electron chi connectivity index (χ1n) is 4.51. The second kappa shape index (κ2) is 4.54. The predicted molar refractivity (Wildman–Crippen MR) is 51.9 cm³/mol. The molecule has 0 fully saturated rings. The molecule has 0 saturated heterocycles. The minimum absolute atomic E-state index is 0.0515. The van der Waals surface area contributed by atoms with Crippen molar-refractivity contribution in [2.75, 3.05) is 13.1 Å². The third-order valence-corrected chi connectivity index (χ3v) is 1.80. The van der Waals surface area contributed by atoms with E-state index in [-0.39, 0.29) is 12.4 Å². The number of H-pyrrole nitrogens is 1. The molecule has 0 aromatic carbocycles. The van der Waals surface area contributed by atoms with Crippen LogP contribution in [-0.2, 0) is 4.79 Å². The molecule has 1 aromatic heterocycles. The van der Waals surface area contributed by atoms with Crippen molar-refractivity contribution in [3.8, 4) is 0 Å². The minimum atomic E-state index is -0.558. The third-order valence-electron chi connectivity index (χ3n) is 1.80. The quantitative estimate of drug-likeness (QED) is 0.670. The number of aryl methyl sites for hydroxylation is 1. The van der Waals surface area contributed by atoms with E-state index in [0.717, 1.165) is 0 Å². The van der Waals surface area contributed by atoms with Crippen LogP contribution in [0.4, 0.5) is 0 Å². The van der Waals surface area contributed by atoms with E-state index in [1.807, 2.05) is 0 Å². The maximum Gasteiger partial charge on any atom is 0.293 e. The van der Waals surface area contributed by atoms with Crippen molar-refractivity contribution in [2.24, 2.45) is 5.73 Å². The second-order valence-corrected chi connectivity index (χ2v) is 3.03. The van der Waals surface area contributed by atoms with E-state index >= 15 is 0 Å². The summed E-state index contributed by atoms with van der Waals surface area (Å²) in [5.74, 6) is -0.359. The van der Waals surface area contributed by atoms with E-state index in [1.165, 1.54) is 4.90 Å². The highest BCUT2D eigenvalue weighted by atomic mass is 16.2. The van der Waals surface area contributed by atoms with Gasteiger partial charge in [-0.15, -0.1) is 5.10 Å². The minimum Gasteiger partial charge on any atom is -0.368 e. The number of hydrogen-bond donors (Lipinski definition) is 2. The number of nitrogens with two attached hydrogens (primary N) is 1. The summed E-state index contributed by atoms with van der Waals surface area (Å²) in [4.78, 5) is 27.5. The molecule has 1 aromatic rings. The zero-order valence-electron chi connectivity index (χ0n) is 8.65. The van der Waals surface area contributed by atoms with E-state index in [9.17, 15) is 9.59 Å². The summed E-state index contributed by atoms with van der Waals surface area (Å²) in [5.41, 5.74) is 5.01. The van der Waals surface area contributed by atoms with Crippen LogP contribution in [0.15, 0.2) is 0 Å². The van der Waals surface area contributed by atoms with Crippen molar-refractivity contribution in [1.29, 1.82) is 0 Å². The molecule has 82 valence electrons. The van der Waals surface area contributed by atoms with Crippen LogP contribution in [0.25, 0.3) is 0 Å². The highest BCUT2D eigenvalue weighted by Gasteiger charge is 2.19. The van der Waals surface area contributed by atoms with Gasteiger partial charge in [0.25, 0.3) is 5.91 Å². The summed E-state index contributed by atoms with van der Waals surface area (Å²) in [6, 6.07) is 0. The predicted octanol–water partition coefficient (Wildman–Crippen LogP) is -0.939. The topological polar surface area (TPSA) is 105 Å². The van der Waals surface area contributed by atoms with Crippen LogP contribution in [0, 0.1) is 6.92 Å². The van der Waals surface area contributed by atoms with Gasteiger partial charge in [0.2, 0.25) is 11.7 Å². The molecule has 0 aliphatic heterocycles. The Morgan fingerprint density at radius 3 is 2.60 bits per heavy atom. The Kier molecular flexibility index (Phi) is 3.37. The first kappa shape index (κ1) is 11.2. The number of aromatic nitrogens is 3. The van der Waals surface area contributed by atoms with Gasteiger partial charge in [0.15, 0.2) is 0 Å². The van der Waals surface area contributed by atoms with Crippen molar-refractivity contribution in [2.45, 2.75) is 13.8 Å².